The Labute approximate surface area is 108 Å². The van der Waals surface area contributed by atoms with E-state index in [-0.39, 0.29) is 5.78 Å². The molecule has 0 aromatic carbocycles. The molecular formula is C14H20ClNO. The Bertz CT molecular complexity index is 418. The maximum atomic E-state index is 12.0. The summed E-state index contributed by atoms with van der Waals surface area (Å²) in [6.07, 6.45) is 4.02. The Morgan fingerprint density at radius 3 is 2.76 bits per heavy atom. The minimum absolute atomic E-state index is 0.237. The fraction of sp³-hybridized carbons (Fsp3) is 0.643. The summed E-state index contributed by atoms with van der Waals surface area (Å²) in [5.74, 6) is 1.64. The van der Waals surface area contributed by atoms with Gasteiger partial charge in [0.2, 0.25) is 0 Å². The van der Waals surface area contributed by atoms with E-state index in [1.807, 2.05) is 6.07 Å². The molecule has 17 heavy (non-hydrogen) atoms. The van der Waals surface area contributed by atoms with E-state index < -0.39 is 0 Å². The third kappa shape index (κ3) is 2.92. The lowest BCUT2D eigenvalue weighted by Crippen LogP contribution is -2.06. The molecule has 0 saturated heterocycles. The standard InChI is InChI=1S/C14H20ClNO/c1-10-8-13(14(17)4-3-7-15)11(2)16(10)9-12-5-6-12/h8,12H,3-7,9H2,1-2H3. The Morgan fingerprint density at radius 2 is 2.18 bits per heavy atom. The number of aryl methyl sites for hydroxylation is 1. The average molecular weight is 254 g/mol. The van der Waals surface area contributed by atoms with Crippen LogP contribution in [0.3, 0.4) is 0 Å². The largest absolute Gasteiger partial charge is 0.348 e. The zero-order valence-corrected chi connectivity index (χ0v) is 11.4. The maximum absolute atomic E-state index is 12.0. The quantitative estimate of drug-likeness (QED) is 0.560. The molecule has 0 spiro atoms. The first-order valence-electron chi connectivity index (χ1n) is 6.39. The van der Waals surface area contributed by atoms with Gasteiger partial charge in [0.05, 0.1) is 0 Å². The van der Waals surface area contributed by atoms with E-state index in [0.29, 0.717) is 12.3 Å². The first-order chi connectivity index (χ1) is 8.13. The third-order valence-corrected chi connectivity index (χ3v) is 3.82. The number of hydrogen-bond donors (Lipinski definition) is 0. The van der Waals surface area contributed by atoms with Crippen molar-refractivity contribution in [3.8, 4) is 0 Å². The topological polar surface area (TPSA) is 22.0 Å². The summed E-state index contributed by atoms with van der Waals surface area (Å²) in [7, 11) is 0. The molecule has 0 atom stereocenters. The van der Waals surface area contributed by atoms with E-state index in [1.54, 1.807) is 0 Å². The molecule has 1 heterocycles. The first kappa shape index (κ1) is 12.7. The highest BCUT2D eigenvalue weighted by atomic mass is 35.5. The highest BCUT2D eigenvalue weighted by Crippen LogP contribution is 2.32. The number of Topliss-reactive ketones (excluding diaryl/α,β-unsaturated/α-hetero) is 1. The van der Waals surface area contributed by atoms with Crippen LogP contribution in [0, 0.1) is 19.8 Å². The molecule has 0 unspecified atom stereocenters. The normalized spacial score (nSPS) is 15.2. The fourth-order valence-electron chi connectivity index (χ4n) is 2.29. The van der Waals surface area contributed by atoms with E-state index in [0.717, 1.165) is 30.1 Å². The molecule has 0 bridgehead atoms. The van der Waals surface area contributed by atoms with Crippen molar-refractivity contribution in [2.75, 3.05) is 5.88 Å². The summed E-state index contributed by atoms with van der Waals surface area (Å²) >= 11 is 5.63. The molecule has 1 aromatic rings. The summed E-state index contributed by atoms with van der Waals surface area (Å²) in [6, 6.07) is 2.04. The Kier molecular flexibility index (Phi) is 3.93. The summed E-state index contributed by atoms with van der Waals surface area (Å²) in [5.41, 5.74) is 3.24. The van der Waals surface area contributed by atoms with Gasteiger partial charge in [0.25, 0.3) is 0 Å². The van der Waals surface area contributed by atoms with Crippen LogP contribution in [-0.4, -0.2) is 16.2 Å². The molecule has 1 aromatic heterocycles. The van der Waals surface area contributed by atoms with Crippen LogP contribution in [0.1, 0.15) is 47.4 Å². The van der Waals surface area contributed by atoms with Crippen molar-refractivity contribution in [1.29, 1.82) is 0 Å². The second kappa shape index (κ2) is 5.26. The van der Waals surface area contributed by atoms with Crippen LogP contribution < -0.4 is 0 Å². The molecule has 1 aliphatic carbocycles. The van der Waals surface area contributed by atoms with Crippen LogP contribution in [0.15, 0.2) is 6.07 Å². The van der Waals surface area contributed by atoms with Gasteiger partial charge in [-0.1, -0.05) is 0 Å². The number of halogens is 1. The fourth-order valence-corrected chi connectivity index (χ4v) is 2.42. The minimum Gasteiger partial charge on any atom is -0.348 e. The van der Waals surface area contributed by atoms with Crippen molar-refractivity contribution in [3.63, 3.8) is 0 Å². The zero-order valence-electron chi connectivity index (χ0n) is 10.6. The summed E-state index contributed by atoms with van der Waals surface area (Å²) in [5, 5.41) is 0. The number of hydrogen-bond acceptors (Lipinski definition) is 1. The van der Waals surface area contributed by atoms with Gasteiger partial charge in [-0.2, -0.15) is 0 Å². The Hall–Kier alpha value is -0.760. The van der Waals surface area contributed by atoms with E-state index in [4.69, 9.17) is 11.6 Å². The van der Waals surface area contributed by atoms with Gasteiger partial charge >= 0.3 is 0 Å². The van der Waals surface area contributed by atoms with Crippen LogP contribution in [0.5, 0.6) is 0 Å². The van der Waals surface area contributed by atoms with Crippen molar-refractivity contribution >= 4 is 17.4 Å². The van der Waals surface area contributed by atoms with Crippen molar-refractivity contribution in [2.45, 2.75) is 46.1 Å². The summed E-state index contributed by atoms with van der Waals surface area (Å²) < 4.78 is 2.30. The highest BCUT2D eigenvalue weighted by molar-refractivity contribution is 6.18. The molecule has 0 aliphatic heterocycles. The molecule has 1 aliphatic rings. The van der Waals surface area contributed by atoms with Gasteiger partial charge in [0, 0.05) is 35.8 Å². The molecular weight excluding hydrogens is 234 g/mol. The minimum atomic E-state index is 0.237. The SMILES string of the molecule is Cc1cc(C(=O)CCCCl)c(C)n1CC1CC1. The van der Waals surface area contributed by atoms with E-state index in [1.165, 1.54) is 18.5 Å². The van der Waals surface area contributed by atoms with Gasteiger partial charge < -0.3 is 4.57 Å². The molecule has 0 N–H and O–H groups in total. The van der Waals surface area contributed by atoms with E-state index in [2.05, 4.69) is 18.4 Å². The molecule has 1 fully saturated rings. The van der Waals surface area contributed by atoms with E-state index >= 15 is 0 Å². The smallest absolute Gasteiger partial charge is 0.164 e. The van der Waals surface area contributed by atoms with Crippen LogP contribution >= 0.6 is 11.6 Å². The summed E-state index contributed by atoms with van der Waals surface area (Å²) in [6.45, 7) is 5.23. The molecule has 94 valence electrons. The Morgan fingerprint density at radius 1 is 1.47 bits per heavy atom. The predicted molar refractivity (Wildman–Crippen MR) is 70.9 cm³/mol. The van der Waals surface area contributed by atoms with Crippen LogP contribution in [0.25, 0.3) is 0 Å². The zero-order chi connectivity index (χ0) is 12.4. The van der Waals surface area contributed by atoms with Gasteiger partial charge in [-0.15, -0.1) is 11.6 Å². The number of nitrogens with zero attached hydrogens (tertiary/aromatic N) is 1. The van der Waals surface area contributed by atoms with E-state index in [9.17, 15) is 4.79 Å². The number of aromatic nitrogens is 1. The van der Waals surface area contributed by atoms with Gasteiger partial charge in [-0.05, 0) is 45.1 Å². The maximum Gasteiger partial charge on any atom is 0.164 e. The lowest BCUT2D eigenvalue weighted by Gasteiger charge is -2.08. The van der Waals surface area contributed by atoms with Gasteiger partial charge in [-0.25, -0.2) is 0 Å². The highest BCUT2D eigenvalue weighted by Gasteiger charge is 2.24. The van der Waals surface area contributed by atoms with Crippen molar-refractivity contribution in [2.24, 2.45) is 5.92 Å². The molecule has 0 radical (unpaired) electrons. The average Bonchev–Trinajstić information content (AvgIpc) is 3.08. The molecule has 2 rings (SSSR count). The number of alkyl halides is 1. The molecule has 2 nitrogen and oxygen atoms in total. The monoisotopic (exact) mass is 253 g/mol. The number of carbonyl (C=O) groups is 1. The van der Waals surface area contributed by atoms with Crippen molar-refractivity contribution in [1.82, 2.24) is 4.57 Å². The predicted octanol–water partition coefficient (Wildman–Crippen LogP) is 3.72. The van der Waals surface area contributed by atoms with Crippen molar-refractivity contribution < 1.29 is 4.79 Å². The number of rotatable bonds is 6. The lowest BCUT2D eigenvalue weighted by molar-refractivity contribution is 0.0981. The van der Waals surface area contributed by atoms with Gasteiger partial charge in [0.1, 0.15) is 0 Å². The van der Waals surface area contributed by atoms with Crippen LogP contribution in [-0.2, 0) is 6.54 Å². The van der Waals surface area contributed by atoms with Crippen molar-refractivity contribution in [3.05, 3.63) is 23.0 Å². The first-order valence-corrected chi connectivity index (χ1v) is 6.92. The second-order valence-corrected chi connectivity index (χ2v) is 5.43. The number of ketones is 1. The molecule has 1 saturated carbocycles. The Balaban J connectivity index is 2.14. The van der Waals surface area contributed by atoms with Gasteiger partial charge in [-0.3, -0.25) is 4.79 Å². The molecule has 3 heteroatoms. The second-order valence-electron chi connectivity index (χ2n) is 5.05. The number of carbonyl (C=O) groups excluding carboxylic acids is 1. The lowest BCUT2D eigenvalue weighted by atomic mass is 10.1. The third-order valence-electron chi connectivity index (χ3n) is 3.55. The van der Waals surface area contributed by atoms with Crippen LogP contribution in [0.4, 0.5) is 0 Å². The van der Waals surface area contributed by atoms with Crippen LogP contribution in [0.2, 0.25) is 0 Å². The van der Waals surface area contributed by atoms with Gasteiger partial charge in [0.15, 0.2) is 5.78 Å². The summed E-state index contributed by atoms with van der Waals surface area (Å²) in [4.78, 5) is 12.0. The molecule has 0 amide bonds.